The predicted molar refractivity (Wildman–Crippen MR) is 94.5 cm³/mol. The highest BCUT2D eigenvalue weighted by atomic mass is 19.1. The third-order valence-electron chi connectivity index (χ3n) is 4.48. The van der Waals surface area contributed by atoms with E-state index in [0.29, 0.717) is 18.8 Å². The molecule has 1 aliphatic carbocycles. The molecule has 1 aromatic carbocycles. The van der Waals surface area contributed by atoms with Crippen LogP contribution in [0.3, 0.4) is 0 Å². The lowest BCUT2D eigenvalue weighted by Crippen LogP contribution is -2.42. The lowest BCUT2D eigenvalue weighted by atomic mass is 10.2. The molecule has 0 unspecified atom stereocenters. The molecule has 1 fully saturated rings. The average Bonchev–Trinajstić information content (AvgIpc) is 3.35. The number of carbonyl (C=O) groups is 2. The van der Waals surface area contributed by atoms with E-state index >= 15 is 0 Å². The molecule has 1 heterocycles. The van der Waals surface area contributed by atoms with Gasteiger partial charge >= 0.3 is 0 Å². The highest BCUT2D eigenvalue weighted by Crippen LogP contribution is 2.27. The molecule has 1 saturated carbocycles. The summed E-state index contributed by atoms with van der Waals surface area (Å²) in [6, 6.07) is 9.93. The van der Waals surface area contributed by atoms with Crippen molar-refractivity contribution in [2.45, 2.75) is 45.8 Å². The molecule has 26 heavy (non-hydrogen) atoms. The maximum atomic E-state index is 13.1. The lowest BCUT2D eigenvalue weighted by Gasteiger charge is -2.26. The number of amides is 2. The van der Waals surface area contributed by atoms with Gasteiger partial charge in [0.25, 0.3) is 0 Å². The van der Waals surface area contributed by atoms with Gasteiger partial charge in [-0.1, -0.05) is 12.1 Å². The van der Waals surface area contributed by atoms with Crippen LogP contribution in [0, 0.1) is 12.7 Å². The van der Waals surface area contributed by atoms with E-state index in [0.717, 1.165) is 24.2 Å². The van der Waals surface area contributed by atoms with Gasteiger partial charge < -0.3 is 14.2 Å². The van der Waals surface area contributed by atoms with Gasteiger partial charge in [-0.25, -0.2) is 4.39 Å². The van der Waals surface area contributed by atoms with Gasteiger partial charge in [0.2, 0.25) is 11.8 Å². The molecule has 0 bridgehead atoms. The molecule has 2 amide bonds. The van der Waals surface area contributed by atoms with Crippen molar-refractivity contribution in [2.24, 2.45) is 0 Å². The molecule has 0 saturated heterocycles. The van der Waals surface area contributed by atoms with Crippen LogP contribution in [0.2, 0.25) is 0 Å². The van der Waals surface area contributed by atoms with Crippen molar-refractivity contribution >= 4 is 11.8 Å². The number of rotatable bonds is 7. The van der Waals surface area contributed by atoms with Gasteiger partial charge in [-0.15, -0.1) is 0 Å². The molecule has 1 aromatic heterocycles. The van der Waals surface area contributed by atoms with Crippen LogP contribution in [0.1, 0.15) is 36.8 Å². The number of benzene rings is 1. The molecule has 0 N–H and O–H groups in total. The van der Waals surface area contributed by atoms with Crippen LogP contribution >= 0.6 is 0 Å². The number of furan rings is 1. The first-order valence-corrected chi connectivity index (χ1v) is 8.77. The number of halogens is 1. The summed E-state index contributed by atoms with van der Waals surface area (Å²) in [5, 5.41) is 0. The Morgan fingerprint density at radius 1 is 1.12 bits per heavy atom. The van der Waals surface area contributed by atoms with E-state index in [1.165, 1.54) is 19.1 Å². The topological polar surface area (TPSA) is 53.8 Å². The summed E-state index contributed by atoms with van der Waals surface area (Å²) in [6.07, 6.45) is 1.89. The van der Waals surface area contributed by atoms with E-state index in [1.807, 2.05) is 19.1 Å². The van der Waals surface area contributed by atoms with E-state index in [4.69, 9.17) is 4.42 Å². The monoisotopic (exact) mass is 358 g/mol. The molecule has 0 spiro atoms. The fraction of sp³-hybridized carbons (Fsp3) is 0.400. The van der Waals surface area contributed by atoms with Crippen molar-refractivity contribution in [3.05, 3.63) is 59.3 Å². The van der Waals surface area contributed by atoms with Crippen LogP contribution in [0.5, 0.6) is 0 Å². The van der Waals surface area contributed by atoms with Crippen LogP contribution in [0.4, 0.5) is 4.39 Å². The molecule has 0 aliphatic heterocycles. The Kier molecular flexibility index (Phi) is 5.40. The van der Waals surface area contributed by atoms with Gasteiger partial charge in [-0.05, 0) is 49.6 Å². The average molecular weight is 358 g/mol. The molecule has 138 valence electrons. The molecular formula is C20H23FN2O3. The van der Waals surface area contributed by atoms with Crippen molar-refractivity contribution in [2.75, 3.05) is 6.54 Å². The number of hydrogen-bond donors (Lipinski definition) is 0. The molecular weight excluding hydrogens is 335 g/mol. The van der Waals surface area contributed by atoms with Crippen molar-refractivity contribution in [3.63, 3.8) is 0 Å². The Bertz CT molecular complexity index is 781. The summed E-state index contributed by atoms with van der Waals surface area (Å²) in [7, 11) is 0. The van der Waals surface area contributed by atoms with Crippen molar-refractivity contribution in [1.29, 1.82) is 0 Å². The molecule has 2 aromatic rings. The number of aryl methyl sites for hydroxylation is 1. The van der Waals surface area contributed by atoms with E-state index in [1.54, 1.807) is 21.9 Å². The summed E-state index contributed by atoms with van der Waals surface area (Å²) in [5.41, 5.74) is 0.823. The minimum atomic E-state index is -0.315. The highest BCUT2D eigenvalue weighted by molar-refractivity contribution is 5.84. The third kappa shape index (κ3) is 4.71. The van der Waals surface area contributed by atoms with Crippen LogP contribution in [0.25, 0.3) is 0 Å². The summed E-state index contributed by atoms with van der Waals surface area (Å²) in [6.45, 7) is 4.03. The summed E-state index contributed by atoms with van der Waals surface area (Å²) in [4.78, 5) is 28.0. The Morgan fingerprint density at radius 2 is 1.81 bits per heavy atom. The smallest absolute Gasteiger partial charge is 0.242 e. The number of nitrogens with zero attached hydrogens (tertiary/aromatic N) is 2. The lowest BCUT2D eigenvalue weighted by molar-refractivity contribution is -0.140. The second kappa shape index (κ2) is 7.72. The van der Waals surface area contributed by atoms with Gasteiger partial charge in [0.1, 0.15) is 23.9 Å². The molecule has 0 atom stereocenters. The second-order valence-corrected chi connectivity index (χ2v) is 6.77. The minimum absolute atomic E-state index is 0.0564. The zero-order valence-corrected chi connectivity index (χ0v) is 15.1. The largest absolute Gasteiger partial charge is 0.464 e. The van der Waals surface area contributed by atoms with Gasteiger partial charge in [0, 0.05) is 19.5 Å². The zero-order valence-electron chi connectivity index (χ0n) is 15.1. The summed E-state index contributed by atoms with van der Waals surface area (Å²) >= 11 is 0. The molecule has 0 radical (unpaired) electrons. The van der Waals surface area contributed by atoms with E-state index < -0.39 is 0 Å². The van der Waals surface area contributed by atoms with Crippen LogP contribution in [0.15, 0.2) is 40.8 Å². The SMILES string of the molecule is CC(=O)N(CC(=O)N(Cc1ccc(F)cc1)Cc1ccc(C)o1)C1CC1. The maximum Gasteiger partial charge on any atom is 0.242 e. The molecule has 6 heteroatoms. The van der Waals surface area contributed by atoms with E-state index in [-0.39, 0.29) is 30.2 Å². The first-order valence-electron chi connectivity index (χ1n) is 8.77. The highest BCUT2D eigenvalue weighted by Gasteiger charge is 2.33. The molecule has 1 aliphatic rings. The quantitative estimate of drug-likeness (QED) is 0.763. The van der Waals surface area contributed by atoms with Gasteiger partial charge in [-0.2, -0.15) is 0 Å². The van der Waals surface area contributed by atoms with Crippen LogP contribution in [-0.4, -0.2) is 34.2 Å². The fourth-order valence-electron chi connectivity index (χ4n) is 2.93. The Hall–Kier alpha value is -2.63. The molecule has 3 rings (SSSR count). The first-order chi connectivity index (χ1) is 12.4. The van der Waals surface area contributed by atoms with Gasteiger partial charge in [0.05, 0.1) is 6.54 Å². The Balaban J connectivity index is 1.75. The standard InChI is InChI=1S/C20H23FN2O3/c1-14-3-10-19(26-14)12-22(11-16-4-6-17(21)7-5-16)20(25)13-23(15(2)24)18-8-9-18/h3-7,10,18H,8-9,11-13H2,1-2H3. The predicted octanol–water partition coefficient (Wildman–Crippen LogP) is 3.27. The fourth-order valence-corrected chi connectivity index (χ4v) is 2.93. The molecule has 5 nitrogen and oxygen atoms in total. The summed E-state index contributed by atoms with van der Waals surface area (Å²) in [5.74, 6) is 0.906. The van der Waals surface area contributed by atoms with Gasteiger partial charge in [-0.3, -0.25) is 9.59 Å². The van der Waals surface area contributed by atoms with Crippen LogP contribution in [-0.2, 0) is 22.7 Å². The van der Waals surface area contributed by atoms with Crippen molar-refractivity contribution in [1.82, 2.24) is 9.80 Å². The number of carbonyl (C=O) groups excluding carboxylic acids is 2. The summed E-state index contributed by atoms with van der Waals surface area (Å²) < 4.78 is 18.7. The Labute approximate surface area is 152 Å². The van der Waals surface area contributed by atoms with E-state index in [2.05, 4.69) is 0 Å². The Morgan fingerprint density at radius 3 is 2.35 bits per heavy atom. The second-order valence-electron chi connectivity index (χ2n) is 6.77. The van der Waals surface area contributed by atoms with E-state index in [9.17, 15) is 14.0 Å². The number of hydrogen-bond acceptors (Lipinski definition) is 3. The van der Waals surface area contributed by atoms with Crippen molar-refractivity contribution in [3.8, 4) is 0 Å². The third-order valence-corrected chi connectivity index (χ3v) is 4.48. The van der Waals surface area contributed by atoms with Gasteiger partial charge in [0.15, 0.2) is 0 Å². The zero-order chi connectivity index (χ0) is 18.7. The maximum absolute atomic E-state index is 13.1. The normalized spacial score (nSPS) is 13.5. The van der Waals surface area contributed by atoms with Crippen LogP contribution < -0.4 is 0 Å². The first kappa shape index (κ1) is 18.2. The van der Waals surface area contributed by atoms with Crippen molar-refractivity contribution < 1.29 is 18.4 Å². The minimum Gasteiger partial charge on any atom is -0.464 e.